The second kappa shape index (κ2) is 8.35. The fourth-order valence-electron chi connectivity index (χ4n) is 2.62. The third-order valence-corrected chi connectivity index (χ3v) is 4.72. The van der Waals surface area contributed by atoms with Crippen molar-refractivity contribution in [3.8, 4) is 5.69 Å². The first-order valence-electron chi connectivity index (χ1n) is 8.64. The van der Waals surface area contributed by atoms with Gasteiger partial charge in [0, 0.05) is 24.3 Å². The van der Waals surface area contributed by atoms with Crippen LogP contribution in [0.4, 0.5) is 5.69 Å². The highest BCUT2D eigenvalue weighted by molar-refractivity contribution is 9.10. The number of nitrogens with one attached hydrogen (secondary N) is 1. The van der Waals surface area contributed by atoms with Crippen LogP contribution in [0.15, 0.2) is 53.0 Å². The lowest BCUT2D eigenvalue weighted by Gasteiger charge is -2.10. The first-order chi connectivity index (χ1) is 13.3. The highest BCUT2D eigenvalue weighted by Crippen LogP contribution is 2.18. The van der Waals surface area contributed by atoms with Gasteiger partial charge in [0.05, 0.1) is 17.8 Å². The number of hydrogen-bond donors (Lipinski definition) is 1. The molecule has 2 amide bonds. The summed E-state index contributed by atoms with van der Waals surface area (Å²) < 4.78 is 2.54. The van der Waals surface area contributed by atoms with Gasteiger partial charge >= 0.3 is 0 Å². The first-order valence-corrected chi connectivity index (χ1v) is 9.43. The molecule has 1 aromatic heterocycles. The van der Waals surface area contributed by atoms with E-state index in [-0.39, 0.29) is 17.5 Å². The summed E-state index contributed by atoms with van der Waals surface area (Å²) in [5.41, 5.74) is 3.22. The van der Waals surface area contributed by atoms with Crippen molar-refractivity contribution < 1.29 is 9.59 Å². The number of hydrogen-bond acceptors (Lipinski definition) is 4. The Labute approximate surface area is 171 Å². The summed E-state index contributed by atoms with van der Waals surface area (Å²) in [4.78, 5) is 25.9. The molecule has 0 spiro atoms. The van der Waals surface area contributed by atoms with Crippen molar-refractivity contribution in [3.05, 3.63) is 70.0 Å². The van der Waals surface area contributed by atoms with Crippen LogP contribution >= 0.6 is 15.9 Å². The summed E-state index contributed by atoms with van der Waals surface area (Å²) >= 11 is 3.43. The van der Waals surface area contributed by atoms with E-state index in [0.717, 1.165) is 15.7 Å². The Kier molecular flexibility index (Phi) is 5.89. The normalized spacial score (nSPS) is 10.6. The number of benzene rings is 2. The van der Waals surface area contributed by atoms with Crippen molar-refractivity contribution in [2.75, 3.05) is 19.4 Å². The average molecular weight is 442 g/mol. The van der Waals surface area contributed by atoms with E-state index in [4.69, 9.17) is 0 Å². The maximum atomic E-state index is 12.6. The van der Waals surface area contributed by atoms with E-state index in [0.29, 0.717) is 17.8 Å². The van der Waals surface area contributed by atoms with E-state index in [2.05, 4.69) is 31.6 Å². The Morgan fingerprint density at radius 3 is 2.50 bits per heavy atom. The predicted molar refractivity (Wildman–Crippen MR) is 111 cm³/mol. The molecule has 1 N–H and O–H groups in total. The SMILES string of the molecule is Cc1c(C(=O)Nc2ccc(CC(=O)N(C)C)cc2)nnn1-c1cccc(Br)c1. The molecule has 0 bridgehead atoms. The topological polar surface area (TPSA) is 80.1 Å². The van der Waals surface area contributed by atoms with Gasteiger partial charge in [0.25, 0.3) is 5.91 Å². The van der Waals surface area contributed by atoms with Gasteiger partial charge in [-0.15, -0.1) is 5.10 Å². The highest BCUT2D eigenvalue weighted by Gasteiger charge is 2.17. The number of aromatic nitrogens is 3. The predicted octanol–water partition coefficient (Wildman–Crippen LogP) is 3.22. The molecule has 0 unspecified atom stereocenters. The molecule has 28 heavy (non-hydrogen) atoms. The summed E-state index contributed by atoms with van der Waals surface area (Å²) in [5.74, 6) is -0.313. The number of anilines is 1. The third kappa shape index (κ3) is 4.45. The summed E-state index contributed by atoms with van der Waals surface area (Å²) in [7, 11) is 3.45. The Bertz CT molecular complexity index is 1010. The lowest BCUT2D eigenvalue weighted by molar-refractivity contribution is -0.127. The van der Waals surface area contributed by atoms with Crippen LogP contribution in [-0.2, 0) is 11.2 Å². The molecule has 7 nitrogen and oxygen atoms in total. The Morgan fingerprint density at radius 2 is 1.86 bits per heavy atom. The van der Waals surface area contributed by atoms with E-state index in [1.54, 1.807) is 42.7 Å². The largest absolute Gasteiger partial charge is 0.349 e. The molecule has 0 saturated carbocycles. The van der Waals surface area contributed by atoms with Gasteiger partial charge < -0.3 is 10.2 Å². The van der Waals surface area contributed by atoms with Crippen molar-refractivity contribution >= 4 is 33.4 Å². The Balaban J connectivity index is 1.72. The summed E-state index contributed by atoms with van der Waals surface area (Å²) in [6, 6.07) is 14.8. The van der Waals surface area contributed by atoms with E-state index in [9.17, 15) is 9.59 Å². The van der Waals surface area contributed by atoms with Crippen LogP contribution in [0, 0.1) is 6.92 Å². The van der Waals surface area contributed by atoms with Crippen molar-refractivity contribution in [1.29, 1.82) is 0 Å². The molecule has 0 saturated heterocycles. The standard InChI is InChI=1S/C20H20BrN5O2/c1-13-19(23-24-26(13)17-6-4-5-15(21)12-17)20(28)22-16-9-7-14(8-10-16)11-18(27)25(2)3/h4-10,12H,11H2,1-3H3,(H,22,28). The van der Waals surface area contributed by atoms with E-state index in [1.807, 2.05) is 36.4 Å². The maximum absolute atomic E-state index is 12.6. The number of amides is 2. The van der Waals surface area contributed by atoms with Crippen LogP contribution in [0.3, 0.4) is 0 Å². The second-order valence-corrected chi connectivity index (χ2v) is 7.45. The van der Waals surface area contributed by atoms with Crippen LogP contribution in [0.25, 0.3) is 5.69 Å². The fraction of sp³-hybridized carbons (Fsp3) is 0.200. The van der Waals surface area contributed by atoms with Gasteiger partial charge in [-0.2, -0.15) is 0 Å². The van der Waals surface area contributed by atoms with Gasteiger partial charge in [-0.25, -0.2) is 4.68 Å². The Morgan fingerprint density at radius 1 is 1.14 bits per heavy atom. The molecule has 0 fully saturated rings. The van der Waals surface area contributed by atoms with Crippen molar-refractivity contribution in [2.45, 2.75) is 13.3 Å². The maximum Gasteiger partial charge on any atom is 0.278 e. The fourth-order valence-corrected chi connectivity index (χ4v) is 3.01. The van der Waals surface area contributed by atoms with Gasteiger partial charge in [-0.1, -0.05) is 39.3 Å². The molecule has 144 valence electrons. The summed E-state index contributed by atoms with van der Waals surface area (Å²) in [6.07, 6.45) is 0.321. The van der Waals surface area contributed by atoms with E-state index >= 15 is 0 Å². The number of nitrogens with zero attached hydrogens (tertiary/aromatic N) is 4. The summed E-state index contributed by atoms with van der Waals surface area (Å²) in [6.45, 7) is 1.80. The molecule has 0 aliphatic carbocycles. The van der Waals surface area contributed by atoms with Crippen LogP contribution in [0.5, 0.6) is 0 Å². The van der Waals surface area contributed by atoms with Gasteiger partial charge in [-0.05, 0) is 42.8 Å². The minimum absolute atomic E-state index is 0.0246. The molecule has 0 radical (unpaired) electrons. The number of rotatable bonds is 5. The second-order valence-electron chi connectivity index (χ2n) is 6.53. The molecular weight excluding hydrogens is 422 g/mol. The van der Waals surface area contributed by atoms with E-state index in [1.165, 1.54) is 0 Å². The smallest absolute Gasteiger partial charge is 0.278 e. The van der Waals surface area contributed by atoms with Crippen LogP contribution in [0.1, 0.15) is 21.7 Å². The monoisotopic (exact) mass is 441 g/mol. The van der Waals surface area contributed by atoms with Crippen molar-refractivity contribution in [1.82, 2.24) is 19.9 Å². The van der Waals surface area contributed by atoms with Crippen LogP contribution in [0.2, 0.25) is 0 Å². The van der Waals surface area contributed by atoms with E-state index < -0.39 is 0 Å². The lowest BCUT2D eigenvalue weighted by atomic mass is 10.1. The number of likely N-dealkylation sites (N-methyl/N-ethyl adjacent to an activating group) is 1. The number of halogens is 1. The van der Waals surface area contributed by atoms with Gasteiger partial charge in [0.1, 0.15) is 0 Å². The first kappa shape index (κ1) is 19.8. The van der Waals surface area contributed by atoms with Gasteiger partial charge in [0.2, 0.25) is 5.91 Å². The summed E-state index contributed by atoms with van der Waals surface area (Å²) in [5, 5.41) is 10.9. The molecule has 3 rings (SSSR count). The van der Waals surface area contributed by atoms with Crippen molar-refractivity contribution in [2.24, 2.45) is 0 Å². The average Bonchev–Trinajstić information content (AvgIpc) is 3.04. The molecule has 2 aromatic carbocycles. The molecule has 0 aliphatic heterocycles. The van der Waals surface area contributed by atoms with Gasteiger partial charge in [0.15, 0.2) is 5.69 Å². The zero-order chi connectivity index (χ0) is 20.3. The molecule has 3 aromatic rings. The molecule has 0 atom stereocenters. The number of carbonyl (C=O) groups is 2. The molecule has 8 heteroatoms. The zero-order valence-electron chi connectivity index (χ0n) is 15.8. The van der Waals surface area contributed by atoms with Crippen molar-refractivity contribution in [3.63, 3.8) is 0 Å². The molecule has 1 heterocycles. The highest BCUT2D eigenvalue weighted by atomic mass is 79.9. The lowest BCUT2D eigenvalue weighted by Crippen LogP contribution is -2.23. The quantitative estimate of drug-likeness (QED) is 0.658. The number of carbonyl (C=O) groups excluding carboxylic acids is 2. The minimum atomic E-state index is -0.337. The molecular formula is C20H20BrN5O2. The Hall–Kier alpha value is -3.00. The third-order valence-electron chi connectivity index (χ3n) is 4.23. The zero-order valence-corrected chi connectivity index (χ0v) is 17.4. The molecule has 0 aliphatic rings. The minimum Gasteiger partial charge on any atom is -0.349 e. The van der Waals surface area contributed by atoms with Gasteiger partial charge in [-0.3, -0.25) is 9.59 Å². The van der Waals surface area contributed by atoms with Crippen LogP contribution < -0.4 is 5.32 Å². The van der Waals surface area contributed by atoms with Crippen LogP contribution in [-0.4, -0.2) is 45.8 Å².